The molecule has 1 N–H and O–H groups in total. The smallest absolute Gasteiger partial charge is 0.226 e. The number of hydrogen-bond donors (Lipinski definition) is 1. The van der Waals surface area contributed by atoms with E-state index in [-0.39, 0.29) is 11.8 Å². The summed E-state index contributed by atoms with van der Waals surface area (Å²) in [5, 5.41) is 3.07. The first-order chi connectivity index (χ1) is 8.60. The number of hydrogen-bond acceptors (Lipinski definition) is 3. The average molecular weight is 255 g/mol. The van der Waals surface area contributed by atoms with Crippen molar-refractivity contribution >= 4 is 5.91 Å². The summed E-state index contributed by atoms with van der Waals surface area (Å²) in [5.41, 5.74) is 0. The molecule has 1 unspecified atom stereocenters. The highest BCUT2D eigenvalue weighted by molar-refractivity contribution is 5.78. The highest BCUT2D eigenvalue weighted by Crippen LogP contribution is 2.17. The summed E-state index contributed by atoms with van der Waals surface area (Å²) < 4.78 is 0. The van der Waals surface area contributed by atoms with E-state index in [9.17, 15) is 4.79 Å². The fourth-order valence-corrected chi connectivity index (χ4v) is 2.77. The van der Waals surface area contributed by atoms with Crippen molar-refractivity contribution in [3.63, 3.8) is 0 Å². The monoisotopic (exact) mass is 255 g/mol. The highest BCUT2D eigenvalue weighted by Gasteiger charge is 2.27. The molecule has 1 aliphatic heterocycles. The normalized spacial score (nSPS) is 19.8. The summed E-state index contributed by atoms with van der Waals surface area (Å²) in [6.45, 7) is 8.45. The number of amides is 1. The zero-order valence-electron chi connectivity index (χ0n) is 12.4. The van der Waals surface area contributed by atoms with Crippen LogP contribution in [0.5, 0.6) is 0 Å². The molecule has 1 aliphatic rings. The van der Waals surface area contributed by atoms with Gasteiger partial charge >= 0.3 is 0 Å². The number of nitrogens with zero attached hydrogens (tertiary/aromatic N) is 2. The van der Waals surface area contributed by atoms with Crippen molar-refractivity contribution in [2.45, 2.75) is 39.2 Å². The van der Waals surface area contributed by atoms with Crippen molar-refractivity contribution in [2.75, 3.05) is 40.3 Å². The van der Waals surface area contributed by atoms with Crippen molar-refractivity contribution in [3.8, 4) is 0 Å². The topological polar surface area (TPSA) is 35.6 Å². The van der Waals surface area contributed by atoms with Crippen LogP contribution in [0.3, 0.4) is 0 Å². The molecule has 1 rings (SSSR count). The van der Waals surface area contributed by atoms with Gasteiger partial charge < -0.3 is 15.1 Å². The van der Waals surface area contributed by atoms with Gasteiger partial charge in [0.05, 0.1) is 0 Å². The standard InChI is InChI=1S/C14H29N3O/c1-5-8-17-9-6-13(7-10-17)16(4)14(18)12(2)11-15-3/h12-13,15H,5-11H2,1-4H3. The molecule has 0 bridgehead atoms. The van der Waals surface area contributed by atoms with Crippen LogP contribution in [0.1, 0.15) is 33.1 Å². The van der Waals surface area contributed by atoms with Crippen LogP contribution in [0, 0.1) is 5.92 Å². The maximum atomic E-state index is 12.2. The molecule has 0 aromatic heterocycles. The third-order valence-corrected chi connectivity index (χ3v) is 3.92. The Kier molecular flexibility index (Phi) is 6.65. The molecular weight excluding hydrogens is 226 g/mol. The first-order valence-electron chi connectivity index (χ1n) is 7.23. The largest absolute Gasteiger partial charge is 0.342 e. The van der Waals surface area contributed by atoms with Crippen molar-refractivity contribution in [1.29, 1.82) is 0 Å². The van der Waals surface area contributed by atoms with Crippen molar-refractivity contribution in [1.82, 2.24) is 15.1 Å². The Labute approximate surface area is 112 Å². The van der Waals surface area contributed by atoms with E-state index in [2.05, 4.69) is 17.1 Å². The number of carbonyl (C=O) groups excluding carboxylic acids is 1. The van der Waals surface area contributed by atoms with Crippen LogP contribution in [0.25, 0.3) is 0 Å². The van der Waals surface area contributed by atoms with Gasteiger partial charge in [-0.05, 0) is 32.9 Å². The zero-order chi connectivity index (χ0) is 13.5. The third-order valence-electron chi connectivity index (χ3n) is 3.92. The Hall–Kier alpha value is -0.610. The van der Waals surface area contributed by atoms with Crippen LogP contribution >= 0.6 is 0 Å². The summed E-state index contributed by atoms with van der Waals surface area (Å²) in [5.74, 6) is 0.354. The van der Waals surface area contributed by atoms with Crippen LogP contribution in [0.4, 0.5) is 0 Å². The van der Waals surface area contributed by atoms with Crippen molar-refractivity contribution < 1.29 is 4.79 Å². The molecule has 0 spiro atoms. The Morgan fingerprint density at radius 3 is 2.56 bits per heavy atom. The third kappa shape index (κ3) is 4.25. The van der Waals surface area contributed by atoms with Crippen LogP contribution in [0.2, 0.25) is 0 Å². The van der Waals surface area contributed by atoms with E-state index in [0.717, 1.165) is 32.5 Å². The molecule has 4 heteroatoms. The minimum Gasteiger partial charge on any atom is -0.342 e. The second-order valence-corrected chi connectivity index (χ2v) is 5.48. The number of carbonyl (C=O) groups is 1. The fraction of sp³-hybridized carbons (Fsp3) is 0.929. The summed E-state index contributed by atoms with van der Waals surface area (Å²) in [6, 6.07) is 0.435. The molecule has 4 nitrogen and oxygen atoms in total. The molecule has 0 aromatic carbocycles. The fourth-order valence-electron chi connectivity index (χ4n) is 2.77. The van der Waals surface area contributed by atoms with Gasteiger partial charge in [0, 0.05) is 38.6 Å². The van der Waals surface area contributed by atoms with Gasteiger partial charge in [0.25, 0.3) is 0 Å². The lowest BCUT2D eigenvalue weighted by Gasteiger charge is -2.37. The van der Waals surface area contributed by atoms with E-state index in [1.165, 1.54) is 13.0 Å². The van der Waals surface area contributed by atoms with E-state index < -0.39 is 0 Å². The van der Waals surface area contributed by atoms with E-state index >= 15 is 0 Å². The van der Waals surface area contributed by atoms with Crippen LogP contribution in [-0.4, -0.2) is 62.0 Å². The Morgan fingerprint density at radius 1 is 1.44 bits per heavy atom. The van der Waals surface area contributed by atoms with Crippen LogP contribution in [0.15, 0.2) is 0 Å². The van der Waals surface area contributed by atoms with Gasteiger partial charge in [0.1, 0.15) is 0 Å². The maximum absolute atomic E-state index is 12.2. The Bertz CT molecular complexity index is 249. The SMILES string of the molecule is CCCN1CCC(N(C)C(=O)C(C)CNC)CC1. The minimum absolute atomic E-state index is 0.0775. The lowest BCUT2D eigenvalue weighted by atomic mass is 10.0. The van der Waals surface area contributed by atoms with Gasteiger partial charge in [0.2, 0.25) is 5.91 Å². The summed E-state index contributed by atoms with van der Waals surface area (Å²) in [6.07, 6.45) is 3.46. The molecule has 0 saturated carbocycles. The van der Waals surface area contributed by atoms with Gasteiger partial charge in [-0.25, -0.2) is 0 Å². The Morgan fingerprint density at radius 2 is 2.06 bits per heavy atom. The molecule has 0 aromatic rings. The van der Waals surface area contributed by atoms with E-state index in [0.29, 0.717) is 6.04 Å². The number of likely N-dealkylation sites (tertiary alicyclic amines) is 1. The molecule has 1 fully saturated rings. The lowest BCUT2D eigenvalue weighted by Crippen LogP contribution is -2.48. The second kappa shape index (κ2) is 7.74. The molecule has 0 aliphatic carbocycles. The predicted molar refractivity (Wildman–Crippen MR) is 75.6 cm³/mol. The van der Waals surface area contributed by atoms with Gasteiger partial charge in [-0.15, -0.1) is 0 Å². The predicted octanol–water partition coefficient (Wildman–Crippen LogP) is 1.17. The first kappa shape index (κ1) is 15.4. The zero-order valence-corrected chi connectivity index (χ0v) is 12.4. The highest BCUT2D eigenvalue weighted by atomic mass is 16.2. The average Bonchev–Trinajstić information content (AvgIpc) is 2.38. The molecule has 18 heavy (non-hydrogen) atoms. The molecule has 1 heterocycles. The second-order valence-electron chi connectivity index (χ2n) is 5.48. The summed E-state index contributed by atoms with van der Waals surface area (Å²) in [4.78, 5) is 16.7. The maximum Gasteiger partial charge on any atom is 0.226 e. The van der Waals surface area contributed by atoms with E-state index in [1.807, 2.05) is 25.9 Å². The number of rotatable bonds is 6. The molecule has 1 atom stereocenters. The molecule has 0 radical (unpaired) electrons. The lowest BCUT2D eigenvalue weighted by molar-refractivity contribution is -0.136. The first-order valence-corrected chi connectivity index (χ1v) is 7.23. The van der Waals surface area contributed by atoms with E-state index in [4.69, 9.17) is 0 Å². The van der Waals surface area contributed by atoms with Gasteiger partial charge in [-0.2, -0.15) is 0 Å². The molecular formula is C14H29N3O. The molecule has 1 amide bonds. The minimum atomic E-state index is 0.0775. The quantitative estimate of drug-likeness (QED) is 0.774. The van der Waals surface area contributed by atoms with Gasteiger partial charge in [0.15, 0.2) is 0 Å². The summed E-state index contributed by atoms with van der Waals surface area (Å²) >= 11 is 0. The summed E-state index contributed by atoms with van der Waals surface area (Å²) in [7, 11) is 3.86. The van der Waals surface area contributed by atoms with Crippen molar-refractivity contribution in [2.24, 2.45) is 5.92 Å². The molecule has 106 valence electrons. The van der Waals surface area contributed by atoms with E-state index in [1.54, 1.807) is 0 Å². The van der Waals surface area contributed by atoms with Crippen molar-refractivity contribution in [3.05, 3.63) is 0 Å². The van der Waals surface area contributed by atoms with Crippen LogP contribution < -0.4 is 5.32 Å². The van der Waals surface area contributed by atoms with Gasteiger partial charge in [-0.1, -0.05) is 13.8 Å². The Balaban J connectivity index is 2.39. The molecule has 1 saturated heterocycles. The number of nitrogens with one attached hydrogen (secondary N) is 1. The van der Waals surface area contributed by atoms with Gasteiger partial charge in [-0.3, -0.25) is 4.79 Å². The van der Waals surface area contributed by atoms with Crippen LogP contribution in [-0.2, 0) is 4.79 Å². The number of piperidine rings is 1.